The average Bonchev–Trinajstić information content (AvgIpc) is 2.74. The van der Waals surface area contributed by atoms with Crippen molar-refractivity contribution in [1.82, 2.24) is 9.55 Å². The molecule has 3 nitrogen and oxygen atoms in total. The maximum absolute atomic E-state index is 6.00. The van der Waals surface area contributed by atoms with E-state index in [0.29, 0.717) is 11.6 Å². The van der Waals surface area contributed by atoms with Gasteiger partial charge in [-0.25, -0.2) is 4.98 Å². The summed E-state index contributed by atoms with van der Waals surface area (Å²) in [5.41, 5.74) is 4.38. The molecule has 1 N–H and O–H groups in total. The van der Waals surface area contributed by atoms with E-state index in [1.54, 1.807) is 0 Å². The summed E-state index contributed by atoms with van der Waals surface area (Å²) in [5.74, 6) is 0.989. The standard InChI is InChI=1S/C16H16ClN3/c1-11-3-6-13(7-4-11)18-10-16-19-14-9-12(17)5-8-15(14)20(16)2/h3-9,18H,10H2,1-2H3. The molecule has 2 aromatic carbocycles. The zero-order chi connectivity index (χ0) is 14.1. The van der Waals surface area contributed by atoms with E-state index in [4.69, 9.17) is 11.6 Å². The van der Waals surface area contributed by atoms with E-state index < -0.39 is 0 Å². The largest absolute Gasteiger partial charge is 0.378 e. The monoisotopic (exact) mass is 285 g/mol. The van der Waals surface area contributed by atoms with E-state index in [1.807, 2.05) is 25.2 Å². The Morgan fingerprint density at radius 1 is 1.15 bits per heavy atom. The molecule has 3 aromatic rings. The van der Waals surface area contributed by atoms with Crippen LogP contribution < -0.4 is 5.32 Å². The molecule has 0 aliphatic rings. The third-order valence-corrected chi connectivity index (χ3v) is 3.67. The van der Waals surface area contributed by atoms with E-state index >= 15 is 0 Å². The highest BCUT2D eigenvalue weighted by atomic mass is 35.5. The number of aromatic nitrogens is 2. The maximum atomic E-state index is 6.00. The van der Waals surface area contributed by atoms with Gasteiger partial charge in [0.25, 0.3) is 0 Å². The first kappa shape index (κ1) is 13.0. The second-order valence-electron chi connectivity index (χ2n) is 4.94. The minimum absolute atomic E-state index is 0.686. The summed E-state index contributed by atoms with van der Waals surface area (Å²) in [6, 6.07) is 14.1. The molecular formula is C16H16ClN3. The number of halogens is 1. The zero-order valence-electron chi connectivity index (χ0n) is 11.5. The van der Waals surface area contributed by atoms with Crippen LogP contribution in [-0.2, 0) is 13.6 Å². The number of fused-ring (bicyclic) bond motifs is 1. The molecule has 0 bridgehead atoms. The summed E-state index contributed by atoms with van der Waals surface area (Å²) in [4.78, 5) is 4.62. The van der Waals surface area contributed by atoms with Crippen molar-refractivity contribution in [1.29, 1.82) is 0 Å². The Morgan fingerprint density at radius 3 is 2.65 bits per heavy atom. The van der Waals surface area contributed by atoms with Gasteiger partial charge in [0.2, 0.25) is 0 Å². The molecule has 1 aromatic heterocycles. The maximum Gasteiger partial charge on any atom is 0.128 e. The molecular weight excluding hydrogens is 270 g/mol. The number of aryl methyl sites for hydroxylation is 2. The van der Waals surface area contributed by atoms with Gasteiger partial charge in [-0.15, -0.1) is 0 Å². The molecule has 102 valence electrons. The molecule has 0 aliphatic heterocycles. The number of rotatable bonds is 3. The van der Waals surface area contributed by atoms with Gasteiger partial charge in [0.15, 0.2) is 0 Å². The zero-order valence-corrected chi connectivity index (χ0v) is 12.3. The quantitative estimate of drug-likeness (QED) is 0.783. The van der Waals surface area contributed by atoms with Crippen molar-refractivity contribution in [2.45, 2.75) is 13.5 Å². The summed E-state index contributed by atoms with van der Waals surface area (Å²) >= 11 is 6.00. The topological polar surface area (TPSA) is 29.9 Å². The molecule has 0 radical (unpaired) electrons. The van der Waals surface area contributed by atoms with Crippen LogP contribution in [0.3, 0.4) is 0 Å². The van der Waals surface area contributed by atoms with E-state index in [0.717, 1.165) is 22.5 Å². The first-order valence-electron chi connectivity index (χ1n) is 6.55. The first-order chi connectivity index (χ1) is 9.63. The van der Waals surface area contributed by atoms with Crippen molar-refractivity contribution in [3.8, 4) is 0 Å². The highest BCUT2D eigenvalue weighted by Gasteiger charge is 2.07. The predicted molar refractivity (Wildman–Crippen MR) is 84.2 cm³/mol. The SMILES string of the molecule is Cc1ccc(NCc2nc3cc(Cl)ccc3n2C)cc1. The van der Waals surface area contributed by atoms with E-state index in [9.17, 15) is 0 Å². The summed E-state index contributed by atoms with van der Waals surface area (Å²) in [6.45, 7) is 2.77. The Morgan fingerprint density at radius 2 is 1.90 bits per heavy atom. The molecule has 1 heterocycles. The normalized spacial score (nSPS) is 10.9. The van der Waals surface area contributed by atoms with Crippen molar-refractivity contribution in [2.24, 2.45) is 7.05 Å². The van der Waals surface area contributed by atoms with Crippen molar-refractivity contribution in [3.05, 3.63) is 58.9 Å². The number of hydrogen-bond donors (Lipinski definition) is 1. The van der Waals surface area contributed by atoms with Gasteiger partial charge in [-0.2, -0.15) is 0 Å². The predicted octanol–water partition coefficient (Wildman–Crippen LogP) is 4.15. The lowest BCUT2D eigenvalue weighted by Gasteiger charge is -2.06. The number of hydrogen-bond acceptors (Lipinski definition) is 2. The molecule has 0 atom stereocenters. The van der Waals surface area contributed by atoms with E-state index in [2.05, 4.69) is 46.1 Å². The van der Waals surface area contributed by atoms with Crippen LogP contribution >= 0.6 is 11.6 Å². The Balaban J connectivity index is 1.84. The Bertz CT molecular complexity index is 744. The van der Waals surface area contributed by atoms with Crippen LogP contribution in [0.25, 0.3) is 11.0 Å². The lowest BCUT2D eigenvalue weighted by Crippen LogP contribution is -2.05. The van der Waals surface area contributed by atoms with Crippen LogP contribution in [0, 0.1) is 6.92 Å². The van der Waals surface area contributed by atoms with Gasteiger partial charge in [0.1, 0.15) is 5.82 Å². The first-order valence-corrected chi connectivity index (χ1v) is 6.93. The van der Waals surface area contributed by atoms with E-state index in [1.165, 1.54) is 5.56 Å². The van der Waals surface area contributed by atoms with Gasteiger partial charge in [-0.3, -0.25) is 0 Å². The lowest BCUT2D eigenvalue weighted by atomic mass is 10.2. The molecule has 0 amide bonds. The second-order valence-corrected chi connectivity index (χ2v) is 5.38. The number of benzene rings is 2. The Labute approximate surface area is 123 Å². The van der Waals surface area contributed by atoms with Gasteiger partial charge in [0, 0.05) is 17.8 Å². The minimum Gasteiger partial charge on any atom is -0.378 e. The van der Waals surface area contributed by atoms with Gasteiger partial charge in [-0.1, -0.05) is 29.3 Å². The highest BCUT2D eigenvalue weighted by Crippen LogP contribution is 2.20. The average molecular weight is 286 g/mol. The van der Waals surface area contributed by atoms with Crippen molar-refractivity contribution >= 4 is 28.3 Å². The fraction of sp³-hybridized carbons (Fsp3) is 0.188. The lowest BCUT2D eigenvalue weighted by molar-refractivity contribution is 0.834. The van der Waals surface area contributed by atoms with Crippen LogP contribution in [0.5, 0.6) is 0 Å². The van der Waals surface area contributed by atoms with Gasteiger partial charge < -0.3 is 9.88 Å². The third kappa shape index (κ3) is 2.49. The van der Waals surface area contributed by atoms with Gasteiger partial charge >= 0.3 is 0 Å². The molecule has 20 heavy (non-hydrogen) atoms. The minimum atomic E-state index is 0.686. The molecule has 0 spiro atoms. The van der Waals surface area contributed by atoms with Crippen LogP contribution in [-0.4, -0.2) is 9.55 Å². The molecule has 0 saturated heterocycles. The molecule has 0 unspecified atom stereocenters. The number of nitrogens with one attached hydrogen (secondary N) is 1. The van der Waals surface area contributed by atoms with E-state index in [-0.39, 0.29) is 0 Å². The second kappa shape index (κ2) is 5.17. The van der Waals surface area contributed by atoms with Crippen molar-refractivity contribution in [2.75, 3.05) is 5.32 Å². The molecule has 3 rings (SSSR count). The van der Waals surface area contributed by atoms with Gasteiger partial charge in [-0.05, 0) is 37.3 Å². The Kier molecular flexibility index (Phi) is 3.36. The van der Waals surface area contributed by atoms with Crippen LogP contribution in [0.2, 0.25) is 5.02 Å². The summed E-state index contributed by atoms with van der Waals surface area (Å²) in [7, 11) is 2.02. The fourth-order valence-electron chi connectivity index (χ4n) is 2.23. The van der Waals surface area contributed by atoms with Gasteiger partial charge in [0.05, 0.1) is 17.6 Å². The number of nitrogens with zero attached hydrogens (tertiary/aromatic N) is 2. The molecule has 4 heteroatoms. The van der Waals surface area contributed by atoms with Crippen LogP contribution in [0.1, 0.15) is 11.4 Å². The summed E-state index contributed by atoms with van der Waals surface area (Å²) in [6.07, 6.45) is 0. The van der Waals surface area contributed by atoms with Crippen molar-refractivity contribution in [3.63, 3.8) is 0 Å². The highest BCUT2D eigenvalue weighted by molar-refractivity contribution is 6.31. The summed E-state index contributed by atoms with van der Waals surface area (Å²) < 4.78 is 2.09. The van der Waals surface area contributed by atoms with Crippen LogP contribution in [0.4, 0.5) is 5.69 Å². The Hall–Kier alpha value is -2.00. The van der Waals surface area contributed by atoms with Crippen molar-refractivity contribution < 1.29 is 0 Å². The molecule has 0 aliphatic carbocycles. The summed E-state index contributed by atoms with van der Waals surface area (Å²) in [5, 5.41) is 4.10. The smallest absolute Gasteiger partial charge is 0.128 e. The fourth-order valence-corrected chi connectivity index (χ4v) is 2.40. The van der Waals surface area contributed by atoms with Crippen LogP contribution in [0.15, 0.2) is 42.5 Å². The number of imidazole rings is 1. The molecule has 0 fully saturated rings. The third-order valence-electron chi connectivity index (χ3n) is 3.44. The number of anilines is 1. The molecule has 0 saturated carbocycles.